The van der Waals surface area contributed by atoms with Gasteiger partial charge in [-0.1, -0.05) is 30.3 Å². The number of carbonyl (C=O) groups is 1. The number of hydrazone groups is 1. The number of imidazole rings is 1. The maximum absolute atomic E-state index is 12.2. The summed E-state index contributed by atoms with van der Waals surface area (Å²) in [5.74, 6) is 1.03. The number of benzene rings is 2. The number of hydrogen-bond donors (Lipinski definition) is 2. The number of hydrogen-bond acceptors (Lipinski definition) is 4. The maximum Gasteiger partial charge on any atom is 0.271 e. The number of fused-ring (bicyclic) bond motifs is 1. The molecule has 2 N–H and O–H groups in total. The van der Waals surface area contributed by atoms with Gasteiger partial charge >= 0.3 is 0 Å². The lowest BCUT2D eigenvalue weighted by Crippen LogP contribution is -2.17. The Morgan fingerprint density at radius 1 is 1.12 bits per heavy atom. The van der Waals surface area contributed by atoms with Gasteiger partial charge in [-0.25, -0.2) is 10.4 Å². The highest BCUT2D eigenvalue weighted by Crippen LogP contribution is 2.21. The first-order chi connectivity index (χ1) is 12.3. The van der Waals surface area contributed by atoms with Gasteiger partial charge in [-0.05, 0) is 30.3 Å². The molecule has 0 saturated carbocycles. The Bertz CT molecular complexity index is 1030. The summed E-state index contributed by atoms with van der Waals surface area (Å²) in [5.41, 5.74) is 5.56. The first-order valence-corrected chi connectivity index (χ1v) is 7.72. The predicted octanol–water partition coefficient (Wildman–Crippen LogP) is 3.59. The van der Waals surface area contributed by atoms with Crippen molar-refractivity contribution in [1.82, 2.24) is 15.4 Å². The molecule has 122 valence electrons. The molecular formula is C19H14N4O2. The molecule has 0 atom stereocenters. The van der Waals surface area contributed by atoms with Gasteiger partial charge in [-0.15, -0.1) is 0 Å². The van der Waals surface area contributed by atoms with Gasteiger partial charge in [-0.3, -0.25) is 4.79 Å². The minimum atomic E-state index is -0.305. The van der Waals surface area contributed by atoms with Crippen molar-refractivity contribution in [1.29, 1.82) is 0 Å². The first kappa shape index (κ1) is 14.9. The van der Waals surface area contributed by atoms with Crippen molar-refractivity contribution >= 4 is 23.2 Å². The average molecular weight is 330 g/mol. The van der Waals surface area contributed by atoms with Gasteiger partial charge in [0.2, 0.25) is 0 Å². The van der Waals surface area contributed by atoms with Gasteiger partial charge in [-0.2, -0.15) is 5.10 Å². The molecule has 2 heterocycles. The zero-order chi connectivity index (χ0) is 17.1. The molecule has 0 unspecified atom stereocenters. The quantitative estimate of drug-likeness (QED) is 0.443. The number of aromatic amines is 1. The zero-order valence-electron chi connectivity index (χ0n) is 13.1. The van der Waals surface area contributed by atoms with Crippen LogP contribution in [0.5, 0.6) is 0 Å². The molecule has 1 amide bonds. The summed E-state index contributed by atoms with van der Waals surface area (Å²) in [5, 5.41) is 3.88. The number of nitrogens with one attached hydrogen (secondary N) is 2. The highest BCUT2D eigenvalue weighted by atomic mass is 16.3. The van der Waals surface area contributed by atoms with Crippen LogP contribution in [0.3, 0.4) is 0 Å². The molecular weight excluding hydrogens is 316 g/mol. The number of carbonyl (C=O) groups excluding carboxylic acids is 1. The second kappa shape index (κ2) is 6.45. The van der Waals surface area contributed by atoms with Crippen LogP contribution in [0.4, 0.5) is 0 Å². The lowest BCUT2D eigenvalue weighted by molar-refractivity contribution is 0.0955. The number of H-pyrrole nitrogens is 1. The lowest BCUT2D eigenvalue weighted by Gasteiger charge is -1.99. The largest absolute Gasteiger partial charge is 0.463 e. The van der Waals surface area contributed by atoms with E-state index in [2.05, 4.69) is 20.5 Å². The average Bonchev–Trinajstić information content (AvgIpc) is 3.31. The molecule has 4 rings (SSSR count). The molecule has 2 aromatic carbocycles. The fourth-order valence-corrected chi connectivity index (χ4v) is 2.47. The summed E-state index contributed by atoms with van der Waals surface area (Å²) in [7, 11) is 0. The maximum atomic E-state index is 12.2. The smallest absolute Gasteiger partial charge is 0.271 e. The van der Waals surface area contributed by atoms with E-state index in [1.165, 1.54) is 6.21 Å². The van der Waals surface area contributed by atoms with Gasteiger partial charge in [0.1, 0.15) is 11.6 Å². The Balaban J connectivity index is 1.55. The summed E-state index contributed by atoms with van der Waals surface area (Å²) >= 11 is 0. The molecule has 4 aromatic rings. The third-order valence-corrected chi connectivity index (χ3v) is 3.69. The Morgan fingerprint density at radius 3 is 2.80 bits per heavy atom. The monoisotopic (exact) mass is 330 g/mol. The van der Waals surface area contributed by atoms with E-state index in [0.717, 1.165) is 22.4 Å². The Morgan fingerprint density at radius 2 is 2.00 bits per heavy atom. The first-order valence-electron chi connectivity index (χ1n) is 7.72. The van der Waals surface area contributed by atoms with Crippen LogP contribution in [-0.4, -0.2) is 22.1 Å². The highest BCUT2D eigenvalue weighted by molar-refractivity contribution is 5.98. The van der Waals surface area contributed by atoms with Crippen molar-refractivity contribution in [2.45, 2.75) is 0 Å². The second-order valence-corrected chi connectivity index (χ2v) is 5.40. The minimum absolute atomic E-state index is 0.305. The number of rotatable bonds is 4. The van der Waals surface area contributed by atoms with E-state index < -0.39 is 0 Å². The highest BCUT2D eigenvalue weighted by Gasteiger charge is 2.09. The van der Waals surface area contributed by atoms with E-state index in [4.69, 9.17) is 4.42 Å². The van der Waals surface area contributed by atoms with E-state index in [9.17, 15) is 4.79 Å². The van der Waals surface area contributed by atoms with Gasteiger partial charge in [0.15, 0.2) is 0 Å². The topological polar surface area (TPSA) is 83.3 Å². The third-order valence-electron chi connectivity index (χ3n) is 3.69. The van der Waals surface area contributed by atoms with Crippen LogP contribution < -0.4 is 5.43 Å². The number of nitrogens with zero attached hydrogens (tertiary/aromatic N) is 2. The van der Waals surface area contributed by atoms with Crippen molar-refractivity contribution in [3.05, 3.63) is 78.3 Å². The molecule has 0 spiro atoms. The van der Waals surface area contributed by atoms with Gasteiger partial charge < -0.3 is 9.40 Å². The Labute approximate surface area is 143 Å². The summed E-state index contributed by atoms with van der Waals surface area (Å²) in [4.78, 5) is 20.0. The molecule has 0 aliphatic carbocycles. The molecule has 0 saturated heterocycles. The van der Waals surface area contributed by atoms with Crippen LogP contribution in [0, 0.1) is 0 Å². The van der Waals surface area contributed by atoms with Crippen molar-refractivity contribution < 1.29 is 9.21 Å². The number of aromatic nitrogens is 2. The van der Waals surface area contributed by atoms with Gasteiger partial charge in [0, 0.05) is 11.1 Å². The fraction of sp³-hybridized carbons (Fsp3) is 0. The van der Waals surface area contributed by atoms with E-state index in [-0.39, 0.29) is 5.91 Å². The van der Waals surface area contributed by atoms with Crippen LogP contribution in [0.2, 0.25) is 0 Å². The molecule has 2 aromatic heterocycles. The number of furan rings is 1. The van der Waals surface area contributed by atoms with Crippen LogP contribution in [0.25, 0.3) is 22.4 Å². The summed E-state index contributed by atoms with van der Waals surface area (Å²) in [6.45, 7) is 0. The van der Waals surface area contributed by atoms with Crippen LogP contribution in [0.1, 0.15) is 16.1 Å². The molecule has 0 radical (unpaired) electrons. The molecule has 0 aliphatic rings. The van der Waals surface area contributed by atoms with Crippen LogP contribution in [0.15, 0.2) is 76.4 Å². The second-order valence-electron chi connectivity index (χ2n) is 5.40. The molecule has 0 aliphatic heterocycles. The molecule has 0 bridgehead atoms. The van der Waals surface area contributed by atoms with Crippen molar-refractivity contribution in [3.63, 3.8) is 0 Å². The summed E-state index contributed by atoms with van der Waals surface area (Å²) in [6.07, 6.45) is 2.99. The van der Waals surface area contributed by atoms with Gasteiger partial charge in [0.05, 0.1) is 23.5 Å². The van der Waals surface area contributed by atoms with Crippen LogP contribution in [-0.2, 0) is 0 Å². The normalized spacial score (nSPS) is 11.2. The minimum Gasteiger partial charge on any atom is -0.463 e. The Kier molecular flexibility index (Phi) is 3.84. The SMILES string of the molecule is O=C(N/N=C/c1ccco1)c1ccc2nc(-c3ccccc3)[nH]c2c1. The van der Waals surface area contributed by atoms with E-state index in [1.807, 2.05) is 36.4 Å². The number of amides is 1. The van der Waals surface area contributed by atoms with E-state index >= 15 is 0 Å². The summed E-state index contributed by atoms with van der Waals surface area (Å²) in [6, 6.07) is 18.6. The molecule has 0 fully saturated rings. The summed E-state index contributed by atoms with van der Waals surface area (Å²) < 4.78 is 5.11. The van der Waals surface area contributed by atoms with Crippen molar-refractivity contribution in [3.8, 4) is 11.4 Å². The van der Waals surface area contributed by atoms with Crippen molar-refractivity contribution in [2.24, 2.45) is 5.10 Å². The van der Waals surface area contributed by atoms with E-state index in [1.54, 1.807) is 30.5 Å². The predicted molar refractivity (Wildman–Crippen MR) is 95.3 cm³/mol. The van der Waals surface area contributed by atoms with Crippen LogP contribution >= 0.6 is 0 Å². The standard InChI is InChI=1S/C19H14N4O2/c24-19(23-20-12-15-7-4-10-25-15)14-8-9-16-17(11-14)22-18(21-16)13-5-2-1-3-6-13/h1-12H,(H,21,22)(H,23,24)/b20-12+. The molecule has 6 heteroatoms. The Hall–Kier alpha value is -3.67. The van der Waals surface area contributed by atoms with E-state index in [0.29, 0.717) is 11.3 Å². The lowest BCUT2D eigenvalue weighted by atomic mass is 10.2. The third kappa shape index (κ3) is 3.18. The zero-order valence-corrected chi connectivity index (χ0v) is 13.1. The van der Waals surface area contributed by atoms with Gasteiger partial charge in [0.25, 0.3) is 5.91 Å². The van der Waals surface area contributed by atoms with Crippen molar-refractivity contribution in [2.75, 3.05) is 0 Å². The fourth-order valence-electron chi connectivity index (χ4n) is 2.47. The molecule has 25 heavy (non-hydrogen) atoms. The molecule has 6 nitrogen and oxygen atoms in total.